The molecule has 2 aromatic carbocycles. The maximum Gasteiger partial charge on any atom is 0.241 e. The van der Waals surface area contributed by atoms with Gasteiger partial charge in [0.05, 0.1) is 11.9 Å². The second-order valence-electron chi connectivity index (χ2n) is 6.32. The fraction of sp³-hybridized carbons (Fsp3) is 0.263. The standard InChI is InChI=1S/C19H23N3O4S/c1-14-8-10-16(11-9-14)22(27(2,25)26)13-18(23)21-17(19(20)24)12-15-6-4-3-5-7-15/h3-11,17H,12-13H2,1-2H3,(H2,20,24)(H,21,23). The molecule has 27 heavy (non-hydrogen) atoms. The molecule has 1 unspecified atom stereocenters. The van der Waals surface area contributed by atoms with Gasteiger partial charge in [0.15, 0.2) is 0 Å². The van der Waals surface area contributed by atoms with Gasteiger partial charge in [-0.25, -0.2) is 8.42 Å². The summed E-state index contributed by atoms with van der Waals surface area (Å²) in [5, 5.41) is 2.53. The van der Waals surface area contributed by atoms with Crippen molar-refractivity contribution < 1.29 is 18.0 Å². The van der Waals surface area contributed by atoms with E-state index in [0.29, 0.717) is 5.69 Å². The van der Waals surface area contributed by atoms with Gasteiger partial charge >= 0.3 is 0 Å². The quantitative estimate of drug-likeness (QED) is 0.701. The van der Waals surface area contributed by atoms with Crippen molar-refractivity contribution in [2.24, 2.45) is 5.73 Å². The van der Waals surface area contributed by atoms with Gasteiger partial charge in [-0.15, -0.1) is 0 Å². The highest BCUT2D eigenvalue weighted by Gasteiger charge is 2.24. The fourth-order valence-electron chi connectivity index (χ4n) is 2.55. The molecule has 0 saturated heterocycles. The number of carbonyl (C=O) groups is 2. The average Bonchev–Trinajstić information content (AvgIpc) is 2.60. The number of hydrogen-bond donors (Lipinski definition) is 2. The van der Waals surface area contributed by atoms with Crippen molar-refractivity contribution >= 4 is 27.5 Å². The number of anilines is 1. The molecule has 1 atom stereocenters. The highest BCUT2D eigenvalue weighted by Crippen LogP contribution is 2.18. The number of hydrogen-bond acceptors (Lipinski definition) is 4. The molecule has 144 valence electrons. The average molecular weight is 389 g/mol. The molecule has 2 aromatic rings. The molecule has 0 aliphatic carbocycles. The molecule has 3 N–H and O–H groups in total. The zero-order valence-electron chi connectivity index (χ0n) is 15.3. The molecule has 0 radical (unpaired) electrons. The van der Waals surface area contributed by atoms with Gasteiger partial charge < -0.3 is 11.1 Å². The van der Waals surface area contributed by atoms with E-state index in [9.17, 15) is 18.0 Å². The predicted molar refractivity (Wildman–Crippen MR) is 105 cm³/mol. The van der Waals surface area contributed by atoms with Crippen molar-refractivity contribution in [1.82, 2.24) is 5.32 Å². The van der Waals surface area contributed by atoms with Crippen LogP contribution in [0.3, 0.4) is 0 Å². The van der Waals surface area contributed by atoms with Gasteiger partial charge in [0.2, 0.25) is 21.8 Å². The summed E-state index contributed by atoms with van der Waals surface area (Å²) in [6, 6.07) is 14.9. The number of nitrogens with one attached hydrogen (secondary N) is 1. The van der Waals surface area contributed by atoms with Crippen LogP contribution in [0.1, 0.15) is 11.1 Å². The van der Waals surface area contributed by atoms with Gasteiger partial charge in [-0.3, -0.25) is 13.9 Å². The molecule has 0 fully saturated rings. The van der Waals surface area contributed by atoms with Crippen LogP contribution in [0.5, 0.6) is 0 Å². The summed E-state index contributed by atoms with van der Waals surface area (Å²) in [6.07, 6.45) is 1.25. The van der Waals surface area contributed by atoms with Crippen LogP contribution in [-0.2, 0) is 26.0 Å². The Morgan fingerprint density at radius 3 is 2.19 bits per heavy atom. The number of carbonyl (C=O) groups excluding carboxylic acids is 2. The highest BCUT2D eigenvalue weighted by atomic mass is 32.2. The summed E-state index contributed by atoms with van der Waals surface area (Å²) >= 11 is 0. The lowest BCUT2D eigenvalue weighted by molar-refractivity contribution is -0.126. The zero-order valence-corrected chi connectivity index (χ0v) is 16.1. The minimum absolute atomic E-state index is 0.228. The molecule has 0 bridgehead atoms. The lowest BCUT2D eigenvalue weighted by Crippen LogP contribution is -2.49. The third-order valence-corrected chi connectivity index (χ3v) is 5.11. The van der Waals surface area contributed by atoms with Gasteiger partial charge in [-0.2, -0.15) is 0 Å². The molecule has 0 aliphatic heterocycles. The van der Waals surface area contributed by atoms with E-state index in [2.05, 4.69) is 5.32 Å². The highest BCUT2D eigenvalue weighted by molar-refractivity contribution is 7.92. The second-order valence-corrected chi connectivity index (χ2v) is 8.22. The van der Waals surface area contributed by atoms with Crippen LogP contribution < -0.4 is 15.4 Å². The molecular weight excluding hydrogens is 366 g/mol. The number of benzene rings is 2. The molecular formula is C19H23N3O4S. The van der Waals surface area contributed by atoms with E-state index in [1.165, 1.54) is 0 Å². The Labute approximate surface area is 159 Å². The lowest BCUT2D eigenvalue weighted by atomic mass is 10.1. The topological polar surface area (TPSA) is 110 Å². The summed E-state index contributed by atoms with van der Waals surface area (Å²) in [4.78, 5) is 24.1. The number of sulfonamides is 1. The van der Waals surface area contributed by atoms with Gasteiger partial charge in [-0.1, -0.05) is 48.0 Å². The number of rotatable bonds is 8. The third kappa shape index (κ3) is 6.10. The van der Waals surface area contributed by atoms with Crippen LogP contribution >= 0.6 is 0 Å². The number of nitrogens with zero attached hydrogens (tertiary/aromatic N) is 1. The van der Waals surface area contributed by atoms with Crippen molar-refractivity contribution in [3.63, 3.8) is 0 Å². The van der Waals surface area contributed by atoms with E-state index < -0.39 is 34.4 Å². The first-order chi connectivity index (χ1) is 12.7. The smallest absolute Gasteiger partial charge is 0.241 e. The Morgan fingerprint density at radius 1 is 1.07 bits per heavy atom. The Balaban J connectivity index is 2.13. The second kappa shape index (κ2) is 8.68. The normalized spacial score (nSPS) is 12.2. The van der Waals surface area contributed by atoms with E-state index >= 15 is 0 Å². The van der Waals surface area contributed by atoms with Crippen LogP contribution in [0.25, 0.3) is 0 Å². The summed E-state index contributed by atoms with van der Waals surface area (Å²) in [7, 11) is -3.68. The SMILES string of the molecule is Cc1ccc(N(CC(=O)NC(Cc2ccccc2)C(N)=O)S(C)(=O)=O)cc1. The molecule has 2 rings (SSSR count). The Morgan fingerprint density at radius 2 is 1.67 bits per heavy atom. The molecule has 0 heterocycles. The van der Waals surface area contributed by atoms with Crippen LogP contribution in [0.4, 0.5) is 5.69 Å². The first-order valence-corrected chi connectivity index (χ1v) is 10.2. The summed E-state index contributed by atoms with van der Waals surface area (Å²) < 4.78 is 25.2. The number of primary amides is 1. The first-order valence-electron chi connectivity index (χ1n) is 8.34. The molecule has 0 spiro atoms. The maximum atomic E-state index is 12.4. The van der Waals surface area contributed by atoms with Crippen molar-refractivity contribution in [1.29, 1.82) is 0 Å². The van der Waals surface area contributed by atoms with Crippen molar-refractivity contribution in [3.8, 4) is 0 Å². The number of amides is 2. The molecule has 0 saturated carbocycles. The molecule has 0 aromatic heterocycles. The third-order valence-electron chi connectivity index (χ3n) is 3.97. The predicted octanol–water partition coefficient (Wildman–Crippen LogP) is 0.974. The maximum absolute atomic E-state index is 12.4. The minimum Gasteiger partial charge on any atom is -0.368 e. The van der Waals surface area contributed by atoms with Gasteiger partial charge in [0.25, 0.3) is 0 Å². The summed E-state index contributed by atoms with van der Waals surface area (Å²) in [5.74, 6) is -1.30. The number of nitrogens with two attached hydrogens (primary N) is 1. The summed E-state index contributed by atoms with van der Waals surface area (Å²) in [6.45, 7) is 1.43. The Kier molecular flexibility index (Phi) is 6.57. The fourth-order valence-corrected chi connectivity index (χ4v) is 3.41. The van der Waals surface area contributed by atoms with E-state index in [4.69, 9.17) is 5.73 Å². The van der Waals surface area contributed by atoms with E-state index in [-0.39, 0.29) is 6.42 Å². The van der Waals surface area contributed by atoms with Crippen molar-refractivity contribution in [2.75, 3.05) is 17.1 Å². The van der Waals surface area contributed by atoms with E-state index in [1.54, 1.807) is 24.3 Å². The molecule has 7 nitrogen and oxygen atoms in total. The van der Waals surface area contributed by atoms with Gasteiger partial charge in [-0.05, 0) is 24.6 Å². The zero-order chi connectivity index (χ0) is 20.0. The molecule has 2 amide bonds. The lowest BCUT2D eigenvalue weighted by Gasteiger charge is -2.23. The minimum atomic E-state index is -3.68. The Bertz CT molecular complexity index is 896. The summed E-state index contributed by atoms with van der Waals surface area (Å²) in [5.41, 5.74) is 7.56. The van der Waals surface area contributed by atoms with Crippen LogP contribution in [0, 0.1) is 6.92 Å². The first kappa shape index (κ1) is 20.4. The molecule has 8 heteroatoms. The van der Waals surface area contributed by atoms with Crippen molar-refractivity contribution in [3.05, 3.63) is 65.7 Å². The van der Waals surface area contributed by atoms with Crippen LogP contribution in [0.15, 0.2) is 54.6 Å². The largest absolute Gasteiger partial charge is 0.368 e. The van der Waals surface area contributed by atoms with E-state index in [0.717, 1.165) is 21.7 Å². The van der Waals surface area contributed by atoms with Crippen molar-refractivity contribution in [2.45, 2.75) is 19.4 Å². The molecule has 0 aliphatic rings. The van der Waals surface area contributed by atoms with Crippen LogP contribution in [-0.4, -0.2) is 39.1 Å². The van der Waals surface area contributed by atoms with E-state index in [1.807, 2.05) is 37.3 Å². The van der Waals surface area contributed by atoms with Crippen LogP contribution in [0.2, 0.25) is 0 Å². The van der Waals surface area contributed by atoms with Gasteiger partial charge in [0.1, 0.15) is 12.6 Å². The van der Waals surface area contributed by atoms with Gasteiger partial charge in [0, 0.05) is 6.42 Å². The number of aryl methyl sites for hydroxylation is 1. The monoisotopic (exact) mass is 389 g/mol. The Hall–Kier alpha value is -2.87.